The lowest BCUT2D eigenvalue weighted by Gasteiger charge is -2.05. The van der Waals surface area contributed by atoms with Crippen LogP contribution in [0.1, 0.15) is 5.56 Å². The second-order valence-corrected chi connectivity index (χ2v) is 3.46. The van der Waals surface area contributed by atoms with E-state index in [-0.39, 0.29) is 6.10 Å². The third kappa shape index (κ3) is 2.16. The Hall–Kier alpha value is -1.24. The van der Waals surface area contributed by atoms with Crippen LogP contribution in [-0.4, -0.2) is 19.3 Å². The molecule has 1 unspecified atom stereocenters. The van der Waals surface area contributed by atoms with Crippen molar-refractivity contribution in [2.75, 3.05) is 13.2 Å². The van der Waals surface area contributed by atoms with E-state index in [2.05, 4.69) is 0 Å². The number of nitriles is 1. The minimum absolute atomic E-state index is 0.181. The van der Waals surface area contributed by atoms with Crippen molar-refractivity contribution in [2.24, 2.45) is 0 Å². The zero-order valence-electron chi connectivity index (χ0n) is 7.37. The molecule has 1 aromatic carbocycles. The predicted molar refractivity (Wildman–Crippen MR) is 51.4 cm³/mol. The SMILES string of the molecule is N#Cc1ccc(Cl)cc1OCC1CO1. The normalized spacial score (nSPS) is 18.7. The molecule has 1 fully saturated rings. The van der Waals surface area contributed by atoms with Crippen LogP contribution in [0.5, 0.6) is 5.75 Å². The van der Waals surface area contributed by atoms with Gasteiger partial charge in [-0.3, -0.25) is 0 Å². The molecule has 1 aromatic rings. The fraction of sp³-hybridized carbons (Fsp3) is 0.300. The van der Waals surface area contributed by atoms with Gasteiger partial charge in [-0.05, 0) is 12.1 Å². The molecule has 1 atom stereocenters. The van der Waals surface area contributed by atoms with Crippen molar-refractivity contribution < 1.29 is 9.47 Å². The molecule has 4 heteroatoms. The lowest BCUT2D eigenvalue weighted by Crippen LogP contribution is -2.05. The number of halogens is 1. The maximum absolute atomic E-state index is 8.79. The van der Waals surface area contributed by atoms with Crippen molar-refractivity contribution >= 4 is 11.6 Å². The molecule has 1 saturated heterocycles. The van der Waals surface area contributed by atoms with Gasteiger partial charge in [0.25, 0.3) is 0 Å². The first kappa shape index (κ1) is 9.32. The molecule has 0 bridgehead atoms. The second kappa shape index (κ2) is 3.87. The van der Waals surface area contributed by atoms with Gasteiger partial charge in [0.15, 0.2) is 0 Å². The number of rotatable bonds is 3. The summed E-state index contributed by atoms with van der Waals surface area (Å²) in [4.78, 5) is 0. The fourth-order valence-electron chi connectivity index (χ4n) is 1.05. The summed E-state index contributed by atoms with van der Waals surface area (Å²) >= 11 is 5.78. The van der Waals surface area contributed by atoms with E-state index in [9.17, 15) is 0 Å². The van der Waals surface area contributed by atoms with E-state index in [4.69, 9.17) is 26.3 Å². The third-order valence-corrected chi connectivity index (χ3v) is 2.13. The molecule has 0 radical (unpaired) electrons. The van der Waals surface area contributed by atoms with E-state index in [0.717, 1.165) is 6.61 Å². The maximum atomic E-state index is 8.79. The highest BCUT2D eigenvalue weighted by molar-refractivity contribution is 6.30. The molecule has 1 aliphatic rings. The molecule has 72 valence electrons. The average Bonchev–Trinajstić information content (AvgIpc) is 2.98. The summed E-state index contributed by atoms with van der Waals surface area (Å²) in [7, 11) is 0. The van der Waals surface area contributed by atoms with Gasteiger partial charge in [0.05, 0.1) is 12.2 Å². The quantitative estimate of drug-likeness (QED) is 0.716. The average molecular weight is 210 g/mol. The maximum Gasteiger partial charge on any atom is 0.138 e. The van der Waals surface area contributed by atoms with Crippen molar-refractivity contribution in [3.63, 3.8) is 0 Å². The first-order valence-corrected chi connectivity index (χ1v) is 4.61. The minimum Gasteiger partial charge on any atom is -0.489 e. The van der Waals surface area contributed by atoms with E-state index >= 15 is 0 Å². The summed E-state index contributed by atoms with van der Waals surface area (Å²) in [5.41, 5.74) is 0.495. The van der Waals surface area contributed by atoms with Crippen LogP contribution in [-0.2, 0) is 4.74 Å². The van der Waals surface area contributed by atoms with Gasteiger partial charge in [0.1, 0.15) is 24.5 Å². The molecule has 1 aliphatic heterocycles. The van der Waals surface area contributed by atoms with Gasteiger partial charge in [0, 0.05) is 11.1 Å². The summed E-state index contributed by atoms with van der Waals surface area (Å²) in [5, 5.41) is 9.35. The van der Waals surface area contributed by atoms with E-state index in [0.29, 0.717) is 22.9 Å². The lowest BCUT2D eigenvalue weighted by atomic mass is 10.2. The Bertz CT molecular complexity index is 382. The van der Waals surface area contributed by atoms with Crippen LogP contribution in [0, 0.1) is 11.3 Å². The Morgan fingerprint density at radius 2 is 2.43 bits per heavy atom. The van der Waals surface area contributed by atoms with E-state index in [1.165, 1.54) is 0 Å². The van der Waals surface area contributed by atoms with Crippen LogP contribution >= 0.6 is 11.6 Å². The minimum atomic E-state index is 0.181. The summed E-state index contributed by atoms with van der Waals surface area (Å²) < 4.78 is 10.4. The Kier molecular flexibility index (Phi) is 2.58. The monoisotopic (exact) mass is 209 g/mol. The first-order chi connectivity index (χ1) is 6.79. The van der Waals surface area contributed by atoms with Gasteiger partial charge in [-0.25, -0.2) is 0 Å². The number of ether oxygens (including phenoxy) is 2. The predicted octanol–water partition coefficient (Wildman–Crippen LogP) is 1.99. The van der Waals surface area contributed by atoms with Gasteiger partial charge < -0.3 is 9.47 Å². The molecule has 0 aromatic heterocycles. The Balaban J connectivity index is 2.12. The van der Waals surface area contributed by atoms with Crippen molar-refractivity contribution in [3.05, 3.63) is 28.8 Å². The highest BCUT2D eigenvalue weighted by Gasteiger charge is 2.23. The number of epoxide rings is 1. The first-order valence-electron chi connectivity index (χ1n) is 4.23. The molecule has 1 heterocycles. The zero-order chi connectivity index (χ0) is 9.97. The van der Waals surface area contributed by atoms with Gasteiger partial charge in [-0.1, -0.05) is 11.6 Å². The Morgan fingerprint density at radius 3 is 3.07 bits per heavy atom. The van der Waals surface area contributed by atoms with Gasteiger partial charge in [-0.15, -0.1) is 0 Å². The van der Waals surface area contributed by atoms with Crippen LogP contribution in [0.25, 0.3) is 0 Å². The van der Waals surface area contributed by atoms with Crippen molar-refractivity contribution in [1.29, 1.82) is 5.26 Å². The molecule has 2 rings (SSSR count). The lowest BCUT2D eigenvalue weighted by molar-refractivity contribution is 0.262. The van der Waals surface area contributed by atoms with Gasteiger partial charge in [-0.2, -0.15) is 5.26 Å². The summed E-state index contributed by atoms with van der Waals surface area (Å²) in [6, 6.07) is 7.00. The van der Waals surface area contributed by atoms with E-state index in [1.807, 2.05) is 6.07 Å². The van der Waals surface area contributed by atoms with Crippen LogP contribution < -0.4 is 4.74 Å². The largest absolute Gasteiger partial charge is 0.489 e. The van der Waals surface area contributed by atoms with Gasteiger partial charge >= 0.3 is 0 Å². The van der Waals surface area contributed by atoms with Crippen LogP contribution in [0.15, 0.2) is 18.2 Å². The van der Waals surface area contributed by atoms with Crippen molar-refractivity contribution in [1.82, 2.24) is 0 Å². The van der Waals surface area contributed by atoms with Gasteiger partial charge in [0.2, 0.25) is 0 Å². The summed E-state index contributed by atoms with van der Waals surface area (Å²) in [5.74, 6) is 0.524. The Morgan fingerprint density at radius 1 is 1.64 bits per heavy atom. The molecule has 0 saturated carbocycles. The van der Waals surface area contributed by atoms with Crippen LogP contribution in [0.2, 0.25) is 5.02 Å². The molecular formula is C10H8ClNO2. The topological polar surface area (TPSA) is 45.5 Å². The molecule has 0 N–H and O–H groups in total. The van der Waals surface area contributed by atoms with Crippen LogP contribution in [0.3, 0.4) is 0 Å². The molecule has 0 amide bonds. The molecular weight excluding hydrogens is 202 g/mol. The molecule has 0 spiro atoms. The number of benzene rings is 1. The van der Waals surface area contributed by atoms with E-state index in [1.54, 1.807) is 18.2 Å². The van der Waals surface area contributed by atoms with Crippen LogP contribution in [0.4, 0.5) is 0 Å². The van der Waals surface area contributed by atoms with Crippen molar-refractivity contribution in [2.45, 2.75) is 6.10 Å². The number of hydrogen-bond acceptors (Lipinski definition) is 3. The second-order valence-electron chi connectivity index (χ2n) is 3.02. The molecule has 14 heavy (non-hydrogen) atoms. The van der Waals surface area contributed by atoms with E-state index < -0.39 is 0 Å². The number of hydrogen-bond donors (Lipinski definition) is 0. The number of nitrogens with zero attached hydrogens (tertiary/aromatic N) is 1. The molecule has 3 nitrogen and oxygen atoms in total. The Labute approximate surface area is 86.8 Å². The standard InChI is InChI=1S/C10H8ClNO2/c11-8-2-1-7(4-12)10(3-8)14-6-9-5-13-9/h1-3,9H,5-6H2. The summed E-state index contributed by atoms with van der Waals surface area (Å²) in [6.07, 6.45) is 0.181. The fourth-order valence-corrected chi connectivity index (χ4v) is 1.22. The highest BCUT2D eigenvalue weighted by atomic mass is 35.5. The molecule has 0 aliphatic carbocycles. The smallest absolute Gasteiger partial charge is 0.138 e. The van der Waals surface area contributed by atoms with Crippen molar-refractivity contribution in [3.8, 4) is 11.8 Å². The zero-order valence-corrected chi connectivity index (χ0v) is 8.12. The highest BCUT2D eigenvalue weighted by Crippen LogP contribution is 2.23. The third-order valence-electron chi connectivity index (χ3n) is 1.89. The summed E-state index contributed by atoms with van der Waals surface area (Å²) in [6.45, 7) is 1.22.